The summed E-state index contributed by atoms with van der Waals surface area (Å²) in [5.74, 6) is 0.710. The molecule has 5 heteroatoms. The van der Waals surface area contributed by atoms with E-state index in [2.05, 4.69) is 22.6 Å². The van der Waals surface area contributed by atoms with Gasteiger partial charge in [-0.2, -0.15) is 0 Å². The largest absolute Gasteiger partial charge is 0.497 e. The molecule has 0 aliphatic carbocycles. The van der Waals surface area contributed by atoms with Crippen LogP contribution in [0.5, 0.6) is 5.75 Å². The number of nitrogens with one attached hydrogen (secondary N) is 2. The lowest BCUT2D eigenvalue weighted by atomic mass is 10.2. The number of likely N-dealkylation sites (tertiary alicyclic amines) is 1. The lowest BCUT2D eigenvalue weighted by Crippen LogP contribution is -2.38. The Hall–Kier alpha value is -1.59. The Morgan fingerprint density at radius 1 is 1.50 bits per heavy atom. The highest BCUT2D eigenvalue weighted by Crippen LogP contribution is 2.16. The molecule has 2 rings (SSSR count). The van der Waals surface area contributed by atoms with Crippen LogP contribution in [0.4, 0.5) is 5.69 Å². The predicted octanol–water partition coefficient (Wildman–Crippen LogP) is 1.32. The third-order valence-corrected chi connectivity index (χ3v) is 3.69. The third kappa shape index (κ3) is 4.21. The number of hydrogen-bond acceptors (Lipinski definition) is 4. The summed E-state index contributed by atoms with van der Waals surface area (Å²) in [4.78, 5) is 14.2. The van der Waals surface area contributed by atoms with E-state index in [0.717, 1.165) is 24.5 Å². The van der Waals surface area contributed by atoms with Gasteiger partial charge in [-0.05, 0) is 38.6 Å². The maximum absolute atomic E-state index is 11.8. The van der Waals surface area contributed by atoms with Gasteiger partial charge in [0.05, 0.1) is 13.7 Å². The molecular formula is C15H23N3O2. The Labute approximate surface area is 120 Å². The number of hydrogen-bond donors (Lipinski definition) is 2. The van der Waals surface area contributed by atoms with Crippen molar-refractivity contribution < 1.29 is 9.53 Å². The van der Waals surface area contributed by atoms with Crippen LogP contribution in [0.15, 0.2) is 24.3 Å². The van der Waals surface area contributed by atoms with Gasteiger partial charge in [0.25, 0.3) is 0 Å². The van der Waals surface area contributed by atoms with E-state index in [1.165, 1.54) is 12.8 Å². The van der Waals surface area contributed by atoms with Gasteiger partial charge in [-0.15, -0.1) is 0 Å². The first-order valence-corrected chi connectivity index (χ1v) is 7.04. The molecule has 1 heterocycles. The van der Waals surface area contributed by atoms with E-state index in [1.54, 1.807) is 7.11 Å². The second-order valence-corrected chi connectivity index (χ2v) is 5.19. The van der Waals surface area contributed by atoms with E-state index in [1.807, 2.05) is 24.3 Å². The number of rotatable bonds is 6. The van der Waals surface area contributed by atoms with Crippen molar-refractivity contribution in [2.45, 2.75) is 18.9 Å². The molecule has 1 aliphatic heterocycles. The van der Waals surface area contributed by atoms with Gasteiger partial charge in [0.1, 0.15) is 5.75 Å². The number of likely N-dealkylation sites (N-methyl/N-ethyl adjacent to an activating group) is 1. The topological polar surface area (TPSA) is 53.6 Å². The first kappa shape index (κ1) is 14.8. The van der Waals surface area contributed by atoms with Gasteiger partial charge >= 0.3 is 0 Å². The van der Waals surface area contributed by atoms with Gasteiger partial charge < -0.3 is 20.3 Å². The van der Waals surface area contributed by atoms with Crippen LogP contribution < -0.4 is 15.4 Å². The average molecular weight is 277 g/mol. The molecule has 0 radical (unpaired) electrons. The maximum atomic E-state index is 11.8. The molecule has 110 valence electrons. The number of benzene rings is 1. The summed E-state index contributed by atoms with van der Waals surface area (Å²) in [6.45, 7) is 2.35. The van der Waals surface area contributed by atoms with Crippen LogP contribution in [0.3, 0.4) is 0 Å². The zero-order valence-electron chi connectivity index (χ0n) is 12.2. The highest BCUT2D eigenvalue weighted by atomic mass is 16.5. The van der Waals surface area contributed by atoms with Crippen molar-refractivity contribution in [1.29, 1.82) is 0 Å². The van der Waals surface area contributed by atoms with Crippen molar-refractivity contribution in [3.63, 3.8) is 0 Å². The summed E-state index contributed by atoms with van der Waals surface area (Å²) in [6, 6.07) is 7.92. The second kappa shape index (κ2) is 7.26. The van der Waals surface area contributed by atoms with E-state index in [-0.39, 0.29) is 5.91 Å². The molecule has 1 aromatic rings. The molecular weight excluding hydrogens is 254 g/mol. The number of carbonyl (C=O) groups excluding carboxylic acids is 1. The van der Waals surface area contributed by atoms with Crippen molar-refractivity contribution >= 4 is 11.6 Å². The Kier molecular flexibility index (Phi) is 5.38. The van der Waals surface area contributed by atoms with Crippen molar-refractivity contribution in [3.05, 3.63) is 24.3 Å². The fraction of sp³-hybridized carbons (Fsp3) is 0.533. The molecule has 5 nitrogen and oxygen atoms in total. The number of methoxy groups -OCH3 is 1. The molecule has 2 N–H and O–H groups in total. The number of carbonyl (C=O) groups is 1. The Morgan fingerprint density at radius 2 is 2.35 bits per heavy atom. The summed E-state index contributed by atoms with van der Waals surface area (Å²) in [5.41, 5.74) is 0.758. The quantitative estimate of drug-likeness (QED) is 0.823. The zero-order valence-corrected chi connectivity index (χ0v) is 12.2. The predicted molar refractivity (Wildman–Crippen MR) is 80.1 cm³/mol. The van der Waals surface area contributed by atoms with Crippen molar-refractivity contribution in [2.24, 2.45) is 0 Å². The van der Waals surface area contributed by atoms with Crippen molar-refractivity contribution in [1.82, 2.24) is 10.2 Å². The SMILES string of the molecule is COc1cccc(NC(=O)CNCC2CCCN2C)c1. The maximum Gasteiger partial charge on any atom is 0.238 e. The van der Waals surface area contributed by atoms with E-state index < -0.39 is 0 Å². The lowest BCUT2D eigenvalue weighted by Gasteiger charge is -2.19. The Balaban J connectivity index is 1.72. The van der Waals surface area contributed by atoms with E-state index in [9.17, 15) is 4.79 Å². The molecule has 1 aromatic carbocycles. The first-order chi connectivity index (χ1) is 9.69. The molecule has 0 spiro atoms. The number of amides is 1. The number of nitrogens with zero attached hydrogens (tertiary/aromatic N) is 1. The van der Waals surface area contributed by atoms with E-state index in [4.69, 9.17) is 4.74 Å². The van der Waals surface area contributed by atoms with Crippen molar-refractivity contribution in [3.8, 4) is 5.75 Å². The summed E-state index contributed by atoms with van der Waals surface area (Å²) >= 11 is 0. The monoisotopic (exact) mass is 277 g/mol. The molecule has 0 bridgehead atoms. The summed E-state index contributed by atoms with van der Waals surface area (Å²) in [6.07, 6.45) is 2.46. The third-order valence-electron chi connectivity index (χ3n) is 3.69. The minimum Gasteiger partial charge on any atom is -0.497 e. The smallest absolute Gasteiger partial charge is 0.238 e. The standard InChI is InChI=1S/C15H23N3O2/c1-18-8-4-6-13(18)10-16-11-15(19)17-12-5-3-7-14(9-12)20-2/h3,5,7,9,13,16H,4,6,8,10-11H2,1-2H3,(H,17,19). The van der Waals surface area contributed by atoms with Crippen LogP contribution in [0, 0.1) is 0 Å². The summed E-state index contributed by atoms with van der Waals surface area (Å²) in [7, 11) is 3.75. The van der Waals surface area contributed by atoms with Crippen LogP contribution in [-0.2, 0) is 4.79 Å². The van der Waals surface area contributed by atoms with Crippen LogP contribution in [0.1, 0.15) is 12.8 Å². The van der Waals surface area contributed by atoms with Gasteiger partial charge in [0.15, 0.2) is 0 Å². The second-order valence-electron chi connectivity index (χ2n) is 5.19. The fourth-order valence-corrected chi connectivity index (χ4v) is 2.50. The molecule has 1 amide bonds. The lowest BCUT2D eigenvalue weighted by molar-refractivity contribution is -0.115. The molecule has 0 saturated carbocycles. The van der Waals surface area contributed by atoms with Crippen LogP contribution in [0.25, 0.3) is 0 Å². The molecule has 1 fully saturated rings. The van der Waals surface area contributed by atoms with Gasteiger partial charge in [-0.25, -0.2) is 0 Å². The summed E-state index contributed by atoms with van der Waals surface area (Å²) in [5, 5.41) is 6.08. The molecule has 1 saturated heterocycles. The Bertz CT molecular complexity index is 450. The first-order valence-electron chi connectivity index (χ1n) is 7.04. The fourth-order valence-electron chi connectivity index (χ4n) is 2.50. The van der Waals surface area contributed by atoms with Gasteiger partial charge in [-0.3, -0.25) is 4.79 Å². The normalized spacial score (nSPS) is 19.0. The number of ether oxygens (including phenoxy) is 1. The van der Waals surface area contributed by atoms with Crippen LogP contribution in [0.2, 0.25) is 0 Å². The van der Waals surface area contributed by atoms with Gasteiger partial charge in [0.2, 0.25) is 5.91 Å². The molecule has 0 aromatic heterocycles. The molecule has 1 atom stereocenters. The minimum atomic E-state index is -0.0288. The number of anilines is 1. The van der Waals surface area contributed by atoms with E-state index in [0.29, 0.717) is 12.6 Å². The van der Waals surface area contributed by atoms with Gasteiger partial charge in [0, 0.05) is 24.3 Å². The summed E-state index contributed by atoms with van der Waals surface area (Å²) < 4.78 is 5.12. The van der Waals surface area contributed by atoms with Crippen molar-refractivity contribution in [2.75, 3.05) is 39.1 Å². The highest BCUT2D eigenvalue weighted by molar-refractivity contribution is 5.92. The Morgan fingerprint density at radius 3 is 3.05 bits per heavy atom. The minimum absolute atomic E-state index is 0.0288. The van der Waals surface area contributed by atoms with Crippen LogP contribution in [-0.4, -0.2) is 50.6 Å². The molecule has 1 aliphatic rings. The molecule has 20 heavy (non-hydrogen) atoms. The van der Waals surface area contributed by atoms with Gasteiger partial charge in [-0.1, -0.05) is 6.07 Å². The zero-order chi connectivity index (χ0) is 14.4. The highest BCUT2D eigenvalue weighted by Gasteiger charge is 2.20. The van der Waals surface area contributed by atoms with Crippen LogP contribution >= 0.6 is 0 Å². The van der Waals surface area contributed by atoms with E-state index >= 15 is 0 Å². The average Bonchev–Trinajstić information content (AvgIpc) is 2.85. The molecule has 1 unspecified atom stereocenters.